The maximum absolute atomic E-state index is 12.5. The first-order chi connectivity index (χ1) is 13.4. The summed E-state index contributed by atoms with van der Waals surface area (Å²) in [6, 6.07) is 3.56. The zero-order valence-electron chi connectivity index (χ0n) is 16.8. The molecule has 1 aromatic rings. The van der Waals surface area contributed by atoms with Crippen molar-refractivity contribution in [3.8, 4) is 11.5 Å². The van der Waals surface area contributed by atoms with E-state index in [0.29, 0.717) is 61.5 Å². The van der Waals surface area contributed by atoms with Gasteiger partial charge >= 0.3 is 6.09 Å². The van der Waals surface area contributed by atoms with Crippen molar-refractivity contribution in [3.05, 3.63) is 23.9 Å². The summed E-state index contributed by atoms with van der Waals surface area (Å²) in [6.07, 6.45) is 1.57. The lowest BCUT2D eigenvalue weighted by atomic mass is 10.1. The maximum atomic E-state index is 12.5. The fourth-order valence-electron chi connectivity index (χ4n) is 3.19. The van der Waals surface area contributed by atoms with Gasteiger partial charge in [0.1, 0.15) is 0 Å². The molecule has 0 atom stereocenters. The number of nitrogens with one attached hydrogen (secondary N) is 1. The standard InChI is InChI=1S/C20H27N3O5/c1-13(2)12-28-20(25)23-7-5-22(6-8-23)11-15-14-9-17(26-3)18(27-4)10-16(14)21-19(15)24/h9-11,13H,5-8,12H2,1-4H3,(H,21,24). The Balaban J connectivity index is 1.69. The molecule has 2 amide bonds. The Morgan fingerprint density at radius 3 is 2.39 bits per heavy atom. The van der Waals surface area contributed by atoms with E-state index >= 15 is 0 Å². The number of nitrogens with zero attached hydrogens (tertiary/aromatic N) is 2. The molecule has 152 valence electrons. The van der Waals surface area contributed by atoms with Crippen LogP contribution in [0, 0.1) is 5.92 Å². The van der Waals surface area contributed by atoms with E-state index in [1.807, 2.05) is 24.9 Å². The highest BCUT2D eigenvalue weighted by molar-refractivity contribution is 6.31. The number of amides is 2. The van der Waals surface area contributed by atoms with Crippen molar-refractivity contribution in [1.29, 1.82) is 0 Å². The first-order valence-electron chi connectivity index (χ1n) is 9.38. The lowest BCUT2D eigenvalue weighted by molar-refractivity contribution is -0.110. The number of hydrogen-bond acceptors (Lipinski definition) is 6. The van der Waals surface area contributed by atoms with Gasteiger partial charge in [0.15, 0.2) is 11.5 Å². The van der Waals surface area contributed by atoms with Crippen LogP contribution >= 0.6 is 0 Å². The van der Waals surface area contributed by atoms with Crippen LogP contribution in [0.1, 0.15) is 19.4 Å². The second-order valence-corrected chi connectivity index (χ2v) is 7.24. The van der Waals surface area contributed by atoms with Crippen LogP contribution < -0.4 is 14.8 Å². The Bertz CT molecular complexity index is 782. The summed E-state index contributed by atoms with van der Waals surface area (Å²) in [5, 5.41) is 2.86. The highest BCUT2D eigenvalue weighted by Crippen LogP contribution is 2.40. The van der Waals surface area contributed by atoms with Crippen molar-refractivity contribution in [3.63, 3.8) is 0 Å². The number of carbonyl (C=O) groups excluding carboxylic acids is 2. The number of carbonyl (C=O) groups is 2. The average Bonchev–Trinajstić information content (AvgIpc) is 2.99. The molecule has 3 rings (SSSR count). The topological polar surface area (TPSA) is 80.3 Å². The Morgan fingerprint density at radius 1 is 1.14 bits per heavy atom. The van der Waals surface area contributed by atoms with Gasteiger partial charge in [0.25, 0.3) is 5.91 Å². The van der Waals surface area contributed by atoms with Gasteiger partial charge in [-0.1, -0.05) is 13.8 Å². The predicted octanol–water partition coefficient (Wildman–Crippen LogP) is 2.41. The van der Waals surface area contributed by atoms with E-state index in [9.17, 15) is 9.59 Å². The second kappa shape index (κ2) is 8.41. The minimum Gasteiger partial charge on any atom is -0.493 e. The summed E-state index contributed by atoms with van der Waals surface area (Å²) < 4.78 is 15.9. The minimum atomic E-state index is -0.276. The molecule has 8 heteroatoms. The lowest BCUT2D eigenvalue weighted by Gasteiger charge is -2.33. The number of fused-ring (bicyclic) bond motifs is 1. The molecule has 0 radical (unpaired) electrons. The molecule has 1 saturated heterocycles. The van der Waals surface area contributed by atoms with Crippen LogP contribution in [-0.2, 0) is 9.53 Å². The third-order valence-electron chi connectivity index (χ3n) is 4.73. The lowest BCUT2D eigenvalue weighted by Crippen LogP contribution is -2.47. The van der Waals surface area contributed by atoms with Crippen molar-refractivity contribution in [2.45, 2.75) is 13.8 Å². The molecular weight excluding hydrogens is 362 g/mol. The van der Waals surface area contributed by atoms with Gasteiger partial charge in [-0.15, -0.1) is 0 Å². The van der Waals surface area contributed by atoms with Gasteiger partial charge in [-0.3, -0.25) is 4.79 Å². The normalized spacial score (nSPS) is 17.6. The number of hydrogen-bond donors (Lipinski definition) is 1. The van der Waals surface area contributed by atoms with Gasteiger partial charge in [-0.2, -0.15) is 0 Å². The molecule has 8 nitrogen and oxygen atoms in total. The third-order valence-corrected chi connectivity index (χ3v) is 4.73. The number of methoxy groups -OCH3 is 2. The van der Waals surface area contributed by atoms with Crippen molar-refractivity contribution in [2.75, 3.05) is 52.3 Å². The molecule has 0 aromatic heterocycles. The molecule has 2 heterocycles. The molecule has 0 spiro atoms. The van der Waals surface area contributed by atoms with Crippen LogP contribution in [0.3, 0.4) is 0 Å². The average molecular weight is 389 g/mol. The highest BCUT2D eigenvalue weighted by Gasteiger charge is 2.28. The van der Waals surface area contributed by atoms with Crippen LogP contribution in [0.5, 0.6) is 11.5 Å². The summed E-state index contributed by atoms with van der Waals surface area (Å²) in [5.41, 5.74) is 2.05. The van der Waals surface area contributed by atoms with Crippen molar-refractivity contribution < 1.29 is 23.8 Å². The van der Waals surface area contributed by atoms with Gasteiger partial charge in [0, 0.05) is 44.0 Å². The van der Waals surface area contributed by atoms with Gasteiger partial charge in [0.2, 0.25) is 0 Å². The Labute approximate surface area is 165 Å². The Morgan fingerprint density at radius 2 is 1.79 bits per heavy atom. The molecule has 0 bridgehead atoms. The number of anilines is 1. The van der Waals surface area contributed by atoms with Crippen LogP contribution in [0.2, 0.25) is 0 Å². The van der Waals surface area contributed by atoms with Crippen molar-refractivity contribution >= 4 is 23.3 Å². The summed E-state index contributed by atoms with van der Waals surface area (Å²) in [6.45, 7) is 6.82. The summed E-state index contributed by atoms with van der Waals surface area (Å²) in [7, 11) is 3.12. The van der Waals surface area contributed by atoms with Crippen LogP contribution in [-0.4, -0.2) is 68.8 Å². The summed E-state index contributed by atoms with van der Waals surface area (Å²) in [4.78, 5) is 28.3. The van der Waals surface area contributed by atoms with Gasteiger partial charge in [-0.25, -0.2) is 4.79 Å². The SMILES string of the molecule is COc1cc2c(cc1OC)C(=CN1CCN(C(=O)OCC(C)C)CC1)C(=O)N2. The maximum Gasteiger partial charge on any atom is 0.409 e. The fraction of sp³-hybridized carbons (Fsp3) is 0.500. The summed E-state index contributed by atoms with van der Waals surface area (Å²) >= 11 is 0. The zero-order chi connectivity index (χ0) is 20.3. The number of rotatable bonds is 5. The van der Waals surface area contributed by atoms with E-state index in [1.165, 1.54) is 0 Å². The number of ether oxygens (including phenoxy) is 3. The van der Waals surface area contributed by atoms with Gasteiger partial charge in [-0.05, 0) is 12.0 Å². The number of benzene rings is 1. The Kier molecular flexibility index (Phi) is 5.96. The first-order valence-corrected chi connectivity index (χ1v) is 9.38. The van der Waals surface area contributed by atoms with E-state index in [2.05, 4.69) is 5.32 Å². The third kappa shape index (κ3) is 4.16. The molecule has 0 saturated carbocycles. The van der Waals surface area contributed by atoms with Gasteiger partial charge in [0.05, 0.1) is 32.1 Å². The van der Waals surface area contributed by atoms with Crippen LogP contribution in [0.15, 0.2) is 18.3 Å². The molecule has 1 N–H and O–H groups in total. The van der Waals surface area contributed by atoms with Crippen LogP contribution in [0.25, 0.3) is 5.57 Å². The molecule has 1 aromatic carbocycles. The molecule has 1 fully saturated rings. The van der Waals surface area contributed by atoms with E-state index < -0.39 is 0 Å². The number of piperazine rings is 1. The zero-order valence-corrected chi connectivity index (χ0v) is 16.8. The van der Waals surface area contributed by atoms with E-state index in [1.54, 1.807) is 31.3 Å². The van der Waals surface area contributed by atoms with E-state index in [4.69, 9.17) is 14.2 Å². The Hall–Kier alpha value is -2.90. The highest BCUT2D eigenvalue weighted by atomic mass is 16.6. The van der Waals surface area contributed by atoms with Gasteiger partial charge < -0.3 is 29.3 Å². The second-order valence-electron chi connectivity index (χ2n) is 7.24. The van der Waals surface area contributed by atoms with Crippen molar-refractivity contribution in [1.82, 2.24) is 9.80 Å². The monoisotopic (exact) mass is 389 g/mol. The molecule has 2 aliphatic rings. The molecule has 0 unspecified atom stereocenters. The molecule has 2 aliphatic heterocycles. The smallest absolute Gasteiger partial charge is 0.409 e. The molecule has 28 heavy (non-hydrogen) atoms. The van der Waals surface area contributed by atoms with E-state index in [0.717, 1.165) is 5.56 Å². The largest absolute Gasteiger partial charge is 0.493 e. The van der Waals surface area contributed by atoms with E-state index in [-0.39, 0.29) is 12.0 Å². The minimum absolute atomic E-state index is 0.163. The first kappa shape index (κ1) is 19.9. The molecule has 0 aliphatic carbocycles. The predicted molar refractivity (Wildman–Crippen MR) is 105 cm³/mol. The summed E-state index contributed by atoms with van der Waals surface area (Å²) in [5.74, 6) is 1.29. The fourth-order valence-corrected chi connectivity index (χ4v) is 3.19. The quantitative estimate of drug-likeness (QED) is 0.779. The van der Waals surface area contributed by atoms with Crippen LogP contribution in [0.4, 0.5) is 10.5 Å². The van der Waals surface area contributed by atoms with Crippen molar-refractivity contribution in [2.24, 2.45) is 5.92 Å². The molecular formula is C20H27N3O5.